The van der Waals surface area contributed by atoms with Crippen LogP contribution in [0.2, 0.25) is 18.1 Å². The van der Waals surface area contributed by atoms with E-state index in [1.807, 2.05) is 12.1 Å². The monoisotopic (exact) mass is 480 g/mol. The van der Waals surface area contributed by atoms with Crippen molar-refractivity contribution in [2.45, 2.75) is 104 Å². The minimum atomic E-state index is -2.14. The van der Waals surface area contributed by atoms with Crippen LogP contribution in [0.15, 0.2) is 24.3 Å². The average Bonchev–Trinajstić information content (AvgIpc) is 3.27. The molecule has 4 heteroatoms. The maximum Gasteiger partial charge on any atom is 0.250 e. The van der Waals surface area contributed by atoms with Gasteiger partial charge in [0.25, 0.3) is 8.32 Å². The van der Waals surface area contributed by atoms with E-state index in [0.717, 1.165) is 66.4 Å². The van der Waals surface area contributed by atoms with Crippen LogP contribution >= 0.6 is 0 Å². The normalized spacial score (nSPS) is 18.6. The molecule has 0 aliphatic heterocycles. The zero-order valence-electron chi connectivity index (χ0n) is 22.1. The Labute approximate surface area is 206 Å². The summed E-state index contributed by atoms with van der Waals surface area (Å²) in [4.78, 5) is 12.9. The maximum atomic E-state index is 13.8. The van der Waals surface area contributed by atoms with Crippen LogP contribution in [0.3, 0.4) is 0 Å². The zero-order chi connectivity index (χ0) is 24.9. The predicted octanol–water partition coefficient (Wildman–Crippen LogP) is 8.86. The predicted molar refractivity (Wildman–Crippen MR) is 142 cm³/mol. The topological polar surface area (TPSA) is 26.3 Å². The van der Waals surface area contributed by atoms with Crippen molar-refractivity contribution in [3.63, 3.8) is 0 Å². The molecule has 0 N–H and O–H groups in total. The Hall–Kier alpha value is -1.94. The van der Waals surface area contributed by atoms with Crippen molar-refractivity contribution >= 4 is 14.6 Å². The van der Waals surface area contributed by atoms with Gasteiger partial charge in [-0.3, -0.25) is 4.79 Å². The van der Waals surface area contributed by atoms with E-state index in [2.05, 4.69) is 47.7 Å². The van der Waals surface area contributed by atoms with Crippen molar-refractivity contribution in [2.75, 3.05) is 0 Å². The molecule has 0 aromatic heterocycles. The van der Waals surface area contributed by atoms with E-state index in [-0.39, 0.29) is 16.3 Å². The Kier molecular flexibility index (Phi) is 6.61. The van der Waals surface area contributed by atoms with Crippen LogP contribution in [-0.4, -0.2) is 14.6 Å². The maximum absolute atomic E-state index is 13.8. The first-order chi connectivity index (χ1) is 15.8. The van der Waals surface area contributed by atoms with E-state index < -0.39 is 8.32 Å². The van der Waals surface area contributed by atoms with Crippen LogP contribution in [-0.2, 0) is 12.8 Å². The van der Waals surface area contributed by atoms with Crippen LogP contribution in [0, 0.1) is 11.2 Å². The fourth-order valence-corrected chi connectivity index (χ4v) is 6.63. The molecule has 2 aromatic carbocycles. The lowest BCUT2D eigenvalue weighted by molar-refractivity contribution is 0.112. The van der Waals surface area contributed by atoms with E-state index in [0.29, 0.717) is 5.92 Å². The van der Waals surface area contributed by atoms with Crippen molar-refractivity contribution in [2.24, 2.45) is 5.41 Å². The van der Waals surface area contributed by atoms with Crippen molar-refractivity contribution in [1.82, 2.24) is 0 Å². The van der Waals surface area contributed by atoms with Crippen molar-refractivity contribution in [3.05, 3.63) is 52.3 Å². The lowest BCUT2D eigenvalue weighted by Gasteiger charge is -2.42. The van der Waals surface area contributed by atoms with Gasteiger partial charge >= 0.3 is 0 Å². The summed E-state index contributed by atoms with van der Waals surface area (Å²) in [6, 6.07) is 6.70. The van der Waals surface area contributed by atoms with Gasteiger partial charge in [0.1, 0.15) is 11.6 Å². The number of aldehydes is 1. The summed E-state index contributed by atoms with van der Waals surface area (Å²) in [5, 5.41) is 0.0635. The van der Waals surface area contributed by atoms with E-state index >= 15 is 0 Å². The van der Waals surface area contributed by atoms with Crippen LogP contribution in [0.5, 0.6) is 5.75 Å². The highest BCUT2D eigenvalue weighted by atomic mass is 28.4. The van der Waals surface area contributed by atoms with Crippen LogP contribution < -0.4 is 4.43 Å². The molecule has 1 fully saturated rings. The Morgan fingerprint density at radius 3 is 2.24 bits per heavy atom. The lowest BCUT2D eigenvalue weighted by Crippen LogP contribution is -2.44. The van der Waals surface area contributed by atoms with Crippen LogP contribution in [0.4, 0.5) is 4.39 Å². The second-order valence-corrected chi connectivity index (χ2v) is 17.5. The van der Waals surface area contributed by atoms with Gasteiger partial charge in [-0.05, 0) is 96.0 Å². The van der Waals surface area contributed by atoms with Gasteiger partial charge in [0.05, 0.1) is 0 Å². The first-order valence-corrected chi connectivity index (χ1v) is 15.9. The number of benzene rings is 2. The highest BCUT2D eigenvalue weighted by Gasteiger charge is 2.43. The van der Waals surface area contributed by atoms with Gasteiger partial charge in [0.15, 0.2) is 6.29 Å². The first kappa shape index (κ1) is 25.2. The highest BCUT2D eigenvalue weighted by molar-refractivity contribution is 6.74. The summed E-state index contributed by atoms with van der Waals surface area (Å²) >= 11 is 0. The highest BCUT2D eigenvalue weighted by Crippen LogP contribution is 2.52. The molecule has 0 heterocycles. The van der Waals surface area contributed by atoms with Gasteiger partial charge in [-0.2, -0.15) is 0 Å². The Balaban J connectivity index is 2.07. The number of hydrogen-bond donors (Lipinski definition) is 0. The molecule has 0 bridgehead atoms. The first-order valence-electron chi connectivity index (χ1n) is 13.0. The molecule has 2 aromatic rings. The number of fused-ring (bicyclic) bond motifs is 1. The van der Waals surface area contributed by atoms with Crippen molar-refractivity contribution in [3.8, 4) is 16.9 Å². The van der Waals surface area contributed by atoms with Gasteiger partial charge in [0.2, 0.25) is 0 Å². The molecule has 0 unspecified atom stereocenters. The molecule has 2 aliphatic carbocycles. The molecule has 34 heavy (non-hydrogen) atoms. The number of carbonyl (C=O) groups excluding carboxylic acids is 1. The van der Waals surface area contributed by atoms with E-state index in [9.17, 15) is 9.18 Å². The SMILES string of the molecule is CC1(C)CCc2c(c(O[Si](C)(C)C(C)(C)C)c(C3CCCC3)c(C=O)c2-c2ccc(F)cc2)C1. The summed E-state index contributed by atoms with van der Waals surface area (Å²) < 4.78 is 21.0. The molecule has 2 nitrogen and oxygen atoms in total. The van der Waals surface area contributed by atoms with Crippen molar-refractivity contribution < 1.29 is 13.6 Å². The van der Waals surface area contributed by atoms with Crippen LogP contribution in [0.1, 0.15) is 99.7 Å². The molecule has 0 atom stereocenters. The number of carbonyl (C=O) groups is 1. The quantitative estimate of drug-likeness (QED) is 0.315. The molecule has 2 aliphatic rings. The standard InChI is InChI=1S/C30H41FO2Si/c1-29(2,3)34(6,7)33-28-24-18-30(4,5)17-16-23(24)26(21-12-14-22(31)15-13-21)25(19-32)27(28)20-10-8-9-11-20/h12-15,19-20H,8-11,16-18H2,1-7H3. The van der Waals surface area contributed by atoms with E-state index in [4.69, 9.17) is 4.43 Å². The summed E-state index contributed by atoms with van der Waals surface area (Å²) in [5.41, 5.74) is 6.59. The van der Waals surface area contributed by atoms with Gasteiger partial charge in [-0.25, -0.2) is 4.39 Å². The summed E-state index contributed by atoms with van der Waals surface area (Å²) in [7, 11) is -2.14. The second kappa shape index (κ2) is 8.93. The average molecular weight is 481 g/mol. The van der Waals surface area contributed by atoms with Crippen LogP contribution in [0.25, 0.3) is 11.1 Å². The fraction of sp³-hybridized carbons (Fsp3) is 0.567. The molecular weight excluding hydrogens is 439 g/mol. The zero-order valence-corrected chi connectivity index (χ0v) is 23.1. The Morgan fingerprint density at radius 2 is 1.68 bits per heavy atom. The molecule has 0 amide bonds. The third-order valence-electron chi connectivity index (χ3n) is 8.63. The minimum absolute atomic E-state index is 0.0635. The second-order valence-electron chi connectivity index (χ2n) is 12.8. The largest absolute Gasteiger partial charge is 0.543 e. The van der Waals surface area contributed by atoms with Crippen molar-refractivity contribution in [1.29, 1.82) is 0 Å². The summed E-state index contributed by atoms with van der Waals surface area (Å²) in [5.74, 6) is 1.11. The van der Waals surface area contributed by atoms with E-state index in [1.54, 1.807) is 0 Å². The molecule has 0 spiro atoms. The smallest absolute Gasteiger partial charge is 0.250 e. The summed E-state index contributed by atoms with van der Waals surface area (Å²) in [6.07, 6.45) is 8.56. The fourth-order valence-electron chi connectivity index (χ4n) is 5.58. The third kappa shape index (κ3) is 4.63. The lowest BCUT2D eigenvalue weighted by atomic mass is 9.70. The van der Waals surface area contributed by atoms with Gasteiger partial charge in [-0.1, -0.05) is 59.6 Å². The van der Waals surface area contributed by atoms with Gasteiger partial charge in [0, 0.05) is 11.1 Å². The molecule has 0 radical (unpaired) electrons. The summed E-state index contributed by atoms with van der Waals surface area (Å²) in [6.45, 7) is 16.1. The molecule has 4 rings (SSSR count). The number of rotatable bonds is 5. The molecular formula is C30H41FO2Si. The van der Waals surface area contributed by atoms with Gasteiger partial charge in [-0.15, -0.1) is 0 Å². The Bertz CT molecular complexity index is 1070. The number of halogens is 1. The Morgan fingerprint density at radius 1 is 1.06 bits per heavy atom. The molecule has 184 valence electrons. The minimum Gasteiger partial charge on any atom is -0.543 e. The van der Waals surface area contributed by atoms with Gasteiger partial charge < -0.3 is 4.43 Å². The number of hydrogen-bond acceptors (Lipinski definition) is 2. The molecule has 0 saturated heterocycles. The third-order valence-corrected chi connectivity index (χ3v) is 13.0. The molecule has 1 saturated carbocycles. The van der Waals surface area contributed by atoms with E-state index in [1.165, 1.54) is 36.1 Å².